The van der Waals surface area contributed by atoms with E-state index in [0.717, 1.165) is 47.4 Å². The van der Waals surface area contributed by atoms with Gasteiger partial charge in [-0.15, -0.1) is 0 Å². The lowest BCUT2D eigenvalue weighted by molar-refractivity contribution is -0.154. The van der Waals surface area contributed by atoms with E-state index in [9.17, 15) is 4.79 Å². The molecule has 1 aliphatic rings. The van der Waals surface area contributed by atoms with Gasteiger partial charge in [0.05, 0.1) is 11.0 Å². The Morgan fingerprint density at radius 3 is 2.42 bits per heavy atom. The highest BCUT2D eigenvalue weighted by molar-refractivity contribution is 5.85. The van der Waals surface area contributed by atoms with E-state index >= 15 is 0 Å². The van der Waals surface area contributed by atoms with Crippen molar-refractivity contribution >= 4 is 22.7 Å². The van der Waals surface area contributed by atoms with Crippen LogP contribution in [0.4, 0.5) is 5.69 Å². The highest BCUT2D eigenvalue weighted by Crippen LogP contribution is 2.31. The van der Waals surface area contributed by atoms with Gasteiger partial charge in [0.1, 0.15) is 18.0 Å². The van der Waals surface area contributed by atoms with Gasteiger partial charge in [-0.05, 0) is 68.5 Å². The van der Waals surface area contributed by atoms with Crippen LogP contribution in [0.25, 0.3) is 22.4 Å². The summed E-state index contributed by atoms with van der Waals surface area (Å²) in [6, 6.07) is 15.8. The molecule has 0 radical (unpaired) electrons. The summed E-state index contributed by atoms with van der Waals surface area (Å²) >= 11 is 0. The summed E-state index contributed by atoms with van der Waals surface area (Å²) in [5, 5.41) is 0. The number of anilines is 1. The van der Waals surface area contributed by atoms with Crippen molar-refractivity contribution in [3.05, 3.63) is 48.5 Å². The number of aromatic nitrogens is 2. The van der Waals surface area contributed by atoms with Crippen molar-refractivity contribution in [1.29, 1.82) is 0 Å². The molecule has 3 atom stereocenters. The number of fused-ring (bicyclic) bond motifs is 1. The number of hydrogen-bond donors (Lipinski definition) is 0. The van der Waals surface area contributed by atoms with Gasteiger partial charge in [-0.1, -0.05) is 45.7 Å². The van der Waals surface area contributed by atoms with Crippen LogP contribution in [0.2, 0.25) is 0 Å². The molecule has 0 spiro atoms. The monoisotopic (exact) mass is 449 g/mol. The summed E-state index contributed by atoms with van der Waals surface area (Å²) in [6.07, 6.45) is 5.56. The first-order chi connectivity index (χ1) is 15.8. The number of hydrogen-bond acceptors (Lipinski definition) is 4. The van der Waals surface area contributed by atoms with Gasteiger partial charge in [-0.3, -0.25) is 0 Å². The third kappa shape index (κ3) is 5.95. The molecule has 178 valence electrons. The number of esters is 1. The maximum absolute atomic E-state index is 13.1. The van der Waals surface area contributed by atoms with Crippen LogP contribution in [0.5, 0.6) is 0 Å². The molecule has 1 aromatic heterocycles. The molecule has 1 aliphatic carbocycles. The van der Waals surface area contributed by atoms with Crippen LogP contribution in [0.1, 0.15) is 65.8 Å². The van der Waals surface area contributed by atoms with Crippen LogP contribution in [0.15, 0.2) is 48.5 Å². The van der Waals surface area contributed by atoms with Crippen LogP contribution >= 0.6 is 0 Å². The Morgan fingerprint density at radius 2 is 1.79 bits per heavy atom. The molecule has 0 amide bonds. The van der Waals surface area contributed by atoms with Gasteiger partial charge in [0.25, 0.3) is 0 Å². The van der Waals surface area contributed by atoms with Gasteiger partial charge in [-0.25, -0.2) is 9.78 Å². The lowest BCUT2D eigenvalue weighted by Crippen LogP contribution is -2.28. The zero-order valence-electron chi connectivity index (χ0n) is 21.0. The number of nitrogens with zero attached hydrogens (tertiary/aromatic N) is 3. The van der Waals surface area contributed by atoms with Crippen LogP contribution in [-0.4, -0.2) is 35.7 Å². The van der Waals surface area contributed by atoms with Crippen molar-refractivity contribution < 1.29 is 9.53 Å². The van der Waals surface area contributed by atoms with Crippen molar-refractivity contribution in [2.24, 2.45) is 5.92 Å². The summed E-state index contributed by atoms with van der Waals surface area (Å²) in [5.74, 6) is 1.23. The summed E-state index contributed by atoms with van der Waals surface area (Å²) < 4.78 is 7.97. The van der Waals surface area contributed by atoms with E-state index in [1.54, 1.807) is 0 Å². The molecule has 0 N–H and O–H groups in total. The number of ether oxygens (including phenoxy) is 1. The molecular weight excluding hydrogens is 410 g/mol. The lowest BCUT2D eigenvalue weighted by Gasteiger charge is -2.28. The Morgan fingerprint density at radius 1 is 1.12 bits per heavy atom. The van der Waals surface area contributed by atoms with Crippen LogP contribution < -0.4 is 4.90 Å². The second-order valence-electron chi connectivity index (χ2n) is 9.45. The van der Waals surface area contributed by atoms with Gasteiger partial charge in [0, 0.05) is 25.3 Å². The predicted molar refractivity (Wildman–Crippen MR) is 138 cm³/mol. The fourth-order valence-corrected chi connectivity index (χ4v) is 4.40. The van der Waals surface area contributed by atoms with E-state index in [2.05, 4.69) is 49.9 Å². The van der Waals surface area contributed by atoms with Crippen LogP contribution in [0, 0.1) is 5.92 Å². The Bertz CT molecular complexity index is 1040. The fraction of sp³-hybridized carbons (Fsp3) is 0.500. The molecule has 1 heterocycles. The number of imidazole rings is 1. The van der Waals surface area contributed by atoms with E-state index in [4.69, 9.17) is 9.72 Å². The molecular formula is C28H39N3O2. The first kappa shape index (κ1) is 24.8. The number of para-hydroxylation sites is 2. The molecule has 0 saturated heterocycles. The van der Waals surface area contributed by atoms with Crippen LogP contribution in [0.3, 0.4) is 0 Å². The largest absolute Gasteiger partial charge is 0.461 e. The first-order valence-electron chi connectivity index (χ1n) is 12.3. The SMILES string of the molecule is CCC.C[C@@H]1CCCC(OC(=O)[C@@H](C)n2c(-c3ccc(N(C)C)cc3)nc3ccccc32)C1. The van der Waals surface area contributed by atoms with Crippen molar-refractivity contribution in [2.45, 2.75) is 71.9 Å². The van der Waals surface area contributed by atoms with E-state index in [-0.39, 0.29) is 12.1 Å². The maximum atomic E-state index is 13.1. The highest BCUT2D eigenvalue weighted by Gasteiger charge is 2.28. The molecule has 0 aliphatic heterocycles. The molecule has 3 aromatic rings. The minimum atomic E-state index is -0.446. The predicted octanol–water partition coefficient (Wildman–Crippen LogP) is 6.87. The third-order valence-corrected chi connectivity index (χ3v) is 6.14. The molecule has 33 heavy (non-hydrogen) atoms. The zero-order chi connectivity index (χ0) is 24.0. The van der Waals surface area contributed by atoms with E-state index in [0.29, 0.717) is 5.92 Å². The summed E-state index contributed by atoms with van der Waals surface area (Å²) in [6.45, 7) is 8.41. The minimum Gasteiger partial charge on any atom is -0.461 e. The molecule has 1 fully saturated rings. The van der Waals surface area contributed by atoms with Gasteiger partial charge in [0.15, 0.2) is 0 Å². The summed E-state index contributed by atoms with van der Waals surface area (Å²) in [7, 11) is 4.04. The van der Waals surface area contributed by atoms with Gasteiger partial charge in [0.2, 0.25) is 0 Å². The molecule has 4 rings (SSSR count). The molecule has 0 bridgehead atoms. The highest BCUT2D eigenvalue weighted by atomic mass is 16.5. The standard InChI is InChI=1S/C25H31N3O2.C3H8/c1-17-8-7-9-21(16-17)30-25(29)18(2)28-23-11-6-5-10-22(23)26-24(28)19-12-14-20(15-13-19)27(3)4;1-3-2/h5-6,10-15,17-18,21H,7-9,16H2,1-4H3;3H2,1-2H3/t17-,18-,21?;/m1./s1. The van der Waals surface area contributed by atoms with Gasteiger partial charge >= 0.3 is 5.97 Å². The Balaban J connectivity index is 0.000000968. The van der Waals surface area contributed by atoms with E-state index in [1.165, 1.54) is 12.8 Å². The normalized spacial score (nSPS) is 18.8. The molecule has 1 saturated carbocycles. The minimum absolute atomic E-state index is 0.0290. The number of carbonyl (C=O) groups is 1. The zero-order valence-corrected chi connectivity index (χ0v) is 21.0. The number of rotatable bonds is 5. The van der Waals surface area contributed by atoms with Crippen molar-refractivity contribution in [1.82, 2.24) is 9.55 Å². The van der Waals surface area contributed by atoms with Crippen molar-refractivity contribution in [3.63, 3.8) is 0 Å². The summed E-state index contributed by atoms with van der Waals surface area (Å²) in [4.78, 5) is 20.0. The van der Waals surface area contributed by atoms with Gasteiger partial charge in [-0.2, -0.15) is 0 Å². The molecule has 2 aromatic carbocycles. The molecule has 5 heteroatoms. The number of carbonyl (C=O) groups excluding carboxylic acids is 1. The lowest BCUT2D eigenvalue weighted by atomic mass is 9.89. The topological polar surface area (TPSA) is 47.4 Å². The first-order valence-corrected chi connectivity index (χ1v) is 12.3. The van der Waals surface area contributed by atoms with Crippen molar-refractivity contribution in [2.75, 3.05) is 19.0 Å². The van der Waals surface area contributed by atoms with E-state index in [1.807, 2.05) is 49.9 Å². The number of benzene rings is 2. The Labute approximate surface area is 198 Å². The Kier molecular flexibility index (Phi) is 8.54. The Hall–Kier alpha value is -2.82. The maximum Gasteiger partial charge on any atom is 0.329 e. The van der Waals surface area contributed by atoms with Crippen LogP contribution in [-0.2, 0) is 9.53 Å². The van der Waals surface area contributed by atoms with Gasteiger partial charge < -0.3 is 14.2 Å². The second-order valence-corrected chi connectivity index (χ2v) is 9.45. The summed E-state index contributed by atoms with van der Waals surface area (Å²) in [5.41, 5.74) is 3.95. The van der Waals surface area contributed by atoms with Crippen molar-refractivity contribution in [3.8, 4) is 11.4 Å². The van der Waals surface area contributed by atoms with E-state index < -0.39 is 6.04 Å². The quantitative estimate of drug-likeness (QED) is 0.399. The fourth-order valence-electron chi connectivity index (χ4n) is 4.40. The molecule has 1 unspecified atom stereocenters. The smallest absolute Gasteiger partial charge is 0.329 e. The molecule has 5 nitrogen and oxygen atoms in total. The third-order valence-electron chi connectivity index (χ3n) is 6.14. The average molecular weight is 450 g/mol. The average Bonchev–Trinajstić information content (AvgIpc) is 3.18. The second kappa shape index (κ2) is 11.4.